The van der Waals surface area contributed by atoms with Crippen molar-refractivity contribution in [3.8, 4) is 23.7 Å². The van der Waals surface area contributed by atoms with Crippen LogP contribution in [0.1, 0.15) is 79.1 Å². The van der Waals surface area contributed by atoms with Gasteiger partial charge in [-0.3, -0.25) is 0 Å². The van der Waals surface area contributed by atoms with Crippen molar-refractivity contribution in [2.24, 2.45) is 11.8 Å². The van der Waals surface area contributed by atoms with Gasteiger partial charge in [-0.15, -0.1) is 23.7 Å². The summed E-state index contributed by atoms with van der Waals surface area (Å²) in [4.78, 5) is 0. The molecule has 0 aromatic rings. The molecule has 0 aliphatic rings. The first-order valence-corrected chi connectivity index (χ1v) is 7.56. The first-order chi connectivity index (χ1) is 8.70. The highest BCUT2D eigenvalue weighted by atomic mass is 14.0. The molecule has 0 radical (unpaired) electrons. The molecule has 0 saturated heterocycles. The van der Waals surface area contributed by atoms with Gasteiger partial charge in [0.2, 0.25) is 0 Å². The Hall–Kier alpha value is -0.880. The van der Waals surface area contributed by atoms with E-state index >= 15 is 0 Å². The van der Waals surface area contributed by atoms with E-state index in [1.54, 1.807) is 0 Å². The van der Waals surface area contributed by atoms with E-state index < -0.39 is 0 Å². The van der Waals surface area contributed by atoms with E-state index in [1.165, 1.54) is 32.1 Å². The maximum absolute atomic E-state index is 3.32. The van der Waals surface area contributed by atoms with Crippen molar-refractivity contribution in [2.75, 3.05) is 0 Å². The zero-order valence-electron chi connectivity index (χ0n) is 12.8. The molecule has 0 aromatic carbocycles. The maximum atomic E-state index is 3.32. The van der Waals surface area contributed by atoms with Gasteiger partial charge in [-0.05, 0) is 31.6 Å². The fraction of sp³-hybridized carbons (Fsp3) is 0.778. The molecule has 0 aliphatic heterocycles. The second kappa shape index (κ2) is 12.6. The Morgan fingerprint density at radius 1 is 0.833 bits per heavy atom. The molecule has 0 amide bonds. The first kappa shape index (κ1) is 17.1. The highest BCUT2D eigenvalue weighted by Crippen LogP contribution is 2.12. The minimum atomic E-state index is 0.745. The van der Waals surface area contributed by atoms with Gasteiger partial charge < -0.3 is 0 Å². The summed E-state index contributed by atoms with van der Waals surface area (Å²) >= 11 is 0. The molecule has 0 heteroatoms. The lowest BCUT2D eigenvalue weighted by Gasteiger charge is -2.05. The van der Waals surface area contributed by atoms with Crippen LogP contribution >= 0.6 is 0 Å². The summed E-state index contributed by atoms with van der Waals surface area (Å²) in [5, 5.41) is 0. The highest BCUT2D eigenvalue weighted by Gasteiger charge is 1.99. The summed E-state index contributed by atoms with van der Waals surface area (Å²) in [7, 11) is 0. The smallest absolute Gasteiger partial charge is 0.0114 e. The fourth-order valence-electron chi connectivity index (χ4n) is 2.01. The molecule has 0 N–H and O–H groups in total. The third-order valence-electron chi connectivity index (χ3n) is 3.23. The molecule has 18 heavy (non-hydrogen) atoms. The summed E-state index contributed by atoms with van der Waals surface area (Å²) in [6, 6.07) is 0. The van der Waals surface area contributed by atoms with Crippen LogP contribution in [0.5, 0.6) is 0 Å². The van der Waals surface area contributed by atoms with Gasteiger partial charge in [0.05, 0.1) is 0 Å². The van der Waals surface area contributed by atoms with E-state index in [-0.39, 0.29) is 0 Å². The SMILES string of the molecule is CC#CCC(C)CCCCC#CCC(C)CCC. The van der Waals surface area contributed by atoms with E-state index in [1.807, 2.05) is 6.92 Å². The molecule has 0 heterocycles. The highest BCUT2D eigenvalue weighted by molar-refractivity contribution is 4.99. The molecule has 0 bridgehead atoms. The zero-order valence-corrected chi connectivity index (χ0v) is 12.8. The van der Waals surface area contributed by atoms with Gasteiger partial charge >= 0.3 is 0 Å². The van der Waals surface area contributed by atoms with Gasteiger partial charge in [-0.2, -0.15) is 0 Å². The summed E-state index contributed by atoms with van der Waals surface area (Å²) < 4.78 is 0. The van der Waals surface area contributed by atoms with Crippen molar-refractivity contribution < 1.29 is 0 Å². The summed E-state index contributed by atoms with van der Waals surface area (Å²) in [5.41, 5.74) is 0. The Morgan fingerprint density at radius 3 is 2.17 bits per heavy atom. The minimum Gasteiger partial charge on any atom is -0.107 e. The molecule has 0 rings (SSSR count). The molecule has 0 saturated carbocycles. The van der Waals surface area contributed by atoms with Gasteiger partial charge in [0.15, 0.2) is 0 Å². The summed E-state index contributed by atoms with van der Waals surface area (Å²) in [6.45, 7) is 8.76. The van der Waals surface area contributed by atoms with Crippen LogP contribution < -0.4 is 0 Å². The predicted molar refractivity (Wildman–Crippen MR) is 82.2 cm³/mol. The molecule has 0 fully saturated rings. The van der Waals surface area contributed by atoms with Crippen molar-refractivity contribution in [3.05, 3.63) is 0 Å². The standard InChI is InChI=1S/C18H30/c1-5-7-14-18(4)16-12-10-8-9-11-15-17(3)13-6-2/h17-18H,6,8,10,12-16H2,1-4H3. The number of rotatable bonds is 8. The zero-order chi connectivity index (χ0) is 13.6. The number of hydrogen-bond donors (Lipinski definition) is 0. The Bertz CT molecular complexity index is 291. The van der Waals surface area contributed by atoms with E-state index in [4.69, 9.17) is 0 Å². The summed E-state index contributed by atoms with van der Waals surface area (Å²) in [6.07, 6.45) is 9.64. The third kappa shape index (κ3) is 11.6. The van der Waals surface area contributed by atoms with Crippen LogP contribution in [0.4, 0.5) is 0 Å². The van der Waals surface area contributed by atoms with Crippen LogP contribution in [0.25, 0.3) is 0 Å². The molecule has 2 atom stereocenters. The molecule has 0 nitrogen and oxygen atoms in total. The molecule has 2 unspecified atom stereocenters. The van der Waals surface area contributed by atoms with Crippen LogP contribution in [-0.2, 0) is 0 Å². The Labute approximate surface area is 115 Å². The average Bonchev–Trinajstić information content (AvgIpc) is 2.35. The van der Waals surface area contributed by atoms with Crippen molar-refractivity contribution >= 4 is 0 Å². The van der Waals surface area contributed by atoms with Gasteiger partial charge in [-0.25, -0.2) is 0 Å². The lowest BCUT2D eigenvalue weighted by molar-refractivity contribution is 0.512. The van der Waals surface area contributed by atoms with Gasteiger partial charge in [0, 0.05) is 19.3 Å². The van der Waals surface area contributed by atoms with Gasteiger partial charge in [-0.1, -0.05) is 40.0 Å². The number of unbranched alkanes of at least 4 members (excludes halogenated alkanes) is 2. The quantitative estimate of drug-likeness (QED) is 0.396. The first-order valence-electron chi connectivity index (χ1n) is 7.56. The molecule has 0 aromatic heterocycles. The molecule has 0 spiro atoms. The third-order valence-corrected chi connectivity index (χ3v) is 3.23. The lowest BCUT2D eigenvalue weighted by Crippen LogP contribution is -1.92. The van der Waals surface area contributed by atoms with E-state index in [9.17, 15) is 0 Å². The van der Waals surface area contributed by atoms with Crippen LogP contribution in [0.15, 0.2) is 0 Å². The molecular weight excluding hydrogens is 216 g/mol. The minimum absolute atomic E-state index is 0.745. The maximum Gasteiger partial charge on any atom is 0.0114 e. The van der Waals surface area contributed by atoms with E-state index in [0.717, 1.165) is 31.1 Å². The Kier molecular flexibility index (Phi) is 12.0. The van der Waals surface area contributed by atoms with Crippen molar-refractivity contribution in [1.29, 1.82) is 0 Å². The van der Waals surface area contributed by atoms with Crippen LogP contribution in [-0.4, -0.2) is 0 Å². The number of hydrogen-bond acceptors (Lipinski definition) is 0. The van der Waals surface area contributed by atoms with E-state index in [0.29, 0.717) is 0 Å². The second-order valence-corrected chi connectivity index (χ2v) is 5.43. The van der Waals surface area contributed by atoms with Crippen LogP contribution in [0.2, 0.25) is 0 Å². The molecule has 0 aliphatic carbocycles. The molecular formula is C18H30. The van der Waals surface area contributed by atoms with Crippen LogP contribution in [0.3, 0.4) is 0 Å². The topological polar surface area (TPSA) is 0 Å². The normalized spacial score (nSPS) is 12.9. The van der Waals surface area contributed by atoms with Gasteiger partial charge in [0.1, 0.15) is 0 Å². The van der Waals surface area contributed by atoms with Crippen molar-refractivity contribution in [1.82, 2.24) is 0 Å². The van der Waals surface area contributed by atoms with Crippen molar-refractivity contribution in [2.45, 2.75) is 79.1 Å². The lowest BCUT2D eigenvalue weighted by atomic mass is 10.00. The average molecular weight is 246 g/mol. The largest absolute Gasteiger partial charge is 0.107 e. The van der Waals surface area contributed by atoms with Crippen LogP contribution in [0, 0.1) is 35.5 Å². The molecule has 102 valence electrons. The fourth-order valence-corrected chi connectivity index (χ4v) is 2.01. The van der Waals surface area contributed by atoms with Gasteiger partial charge in [0.25, 0.3) is 0 Å². The second-order valence-electron chi connectivity index (χ2n) is 5.43. The Balaban J connectivity index is 3.44. The Morgan fingerprint density at radius 2 is 1.50 bits per heavy atom. The van der Waals surface area contributed by atoms with E-state index in [2.05, 4.69) is 44.5 Å². The monoisotopic (exact) mass is 246 g/mol. The predicted octanol–water partition coefficient (Wildman–Crippen LogP) is 5.43. The van der Waals surface area contributed by atoms with Crippen molar-refractivity contribution in [3.63, 3.8) is 0 Å². The summed E-state index contributed by atoms with van der Waals surface area (Å²) in [5.74, 6) is 14.3.